The summed E-state index contributed by atoms with van der Waals surface area (Å²) in [4.78, 5) is 29.0. The summed E-state index contributed by atoms with van der Waals surface area (Å²) in [6, 6.07) is 2.34. The van der Waals surface area contributed by atoms with Gasteiger partial charge in [0.15, 0.2) is 0 Å². The third-order valence-electron chi connectivity index (χ3n) is 5.44. The number of rotatable bonds is 7. The molecule has 0 bridgehead atoms. The Morgan fingerprint density at radius 1 is 1.11 bits per heavy atom. The number of nitrogens with two attached hydrogens (primary N) is 1. The van der Waals surface area contributed by atoms with Crippen LogP contribution in [0.5, 0.6) is 0 Å². The van der Waals surface area contributed by atoms with E-state index < -0.39 is 42.6 Å². The molecule has 3 N–H and O–H groups in total. The van der Waals surface area contributed by atoms with E-state index in [0.29, 0.717) is 17.0 Å². The molecule has 4 rings (SSSR count). The zero-order chi connectivity index (χ0) is 25.6. The van der Waals surface area contributed by atoms with Gasteiger partial charge in [0.05, 0.1) is 11.9 Å². The number of aromatic nitrogens is 5. The first-order valence-electron chi connectivity index (χ1n) is 10.1. The molecular weight excluding hydrogens is 490 g/mol. The van der Waals surface area contributed by atoms with Crippen molar-refractivity contribution in [3.05, 3.63) is 46.0 Å². The Bertz CT molecular complexity index is 1460. The molecule has 0 fully saturated rings. The van der Waals surface area contributed by atoms with Crippen LogP contribution in [0.25, 0.3) is 21.3 Å². The highest BCUT2D eigenvalue weighted by molar-refractivity contribution is 7.21. The molecule has 0 aliphatic carbocycles. The van der Waals surface area contributed by atoms with Crippen molar-refractivity contribution in [2.24, 2.45) is 12.8 Å². The van der Waals surface area contributed by atoms with Crippen LogP contribution >= 0.6 is 11.3 Å². The van der Waals surface area contributed by atoms with Gasteiger partial charge in [0.25, 0.3) is 18.8 Å². The Kier molecular flexibility index (Phi) is 6.32. The van der Waals surface area contributed by atoms with Gasteiger partial charge in [-0.2, -0.15) is 10.2 Å². The first-order chi connectivity index (χ1) is 16.5. The molecule has 0 unspecified atom stereocenters. The number of halogens is 4. The number of alkyl halides is 4. The molecule has 0 spiro atoms. The van der Waals surface area contributed by atoms with Gasteiger partial charge in [0.2, 0.25) is 5.91 Å². The minimum absolute atomic E-state index is 0.00652. The van der Waals surface area contributed by atoms with Crippen LogP contribution in [0.3, 0.4) is 0 Å². The second-order valence-electron chi connectivity index (χ2n) is 7.73. The molecule has 2 amide bonds. The Labute approximate surface area is 199 Å². The van der Waals surface area contributed by atoms with Crippen molar-refractivity contribution >= 4 is 39.1 Å². The van der Waals surface area contributed by atoms with Crippen molar-refractivity contribution in [2.45, 2.75) is 33.2 Å². The lowest BCUT2D eigenvalue weighted by Crippen LogP contribution is -2.22. The van der Waals surface area contributed by atoms with Gasteiger partial charge in [0, 0.05) is 29.4 Å². The summed E-state index contributed by atoms with van der Waals surface area (Å²) < 4.78 is 55.8. The quantitative estimate of drug-likeness (QED) is 0.363. The van der Waals surface area contributed by atoms with Crippen LogP contribution < -0.4 is 11.1 Å². The van der Waals surface area contributed by atoms with E-state index in [1.165, 1.54) is 19.2 Å². The first-order valence-corrected chi connectivity index (χ1v) is 11.0. The van der Waals surface area contributed by atoms with Crippen LogP contribution in [0.4, 0.5) is 23.2 Å². The first kappa shape index (κ1) is 24.3. The van der Waals surface area contributed by atoms with E-state index in [-0.39, 0.29) is 26.3 Å². The number of nitrogens with zero attached hydrogens (tertiary/aromatic N) is 5. The van der Waals surface area contributed by atoms with Crippen LogP contribution in [-0.2, 0) is 18.4 Å². The van der Waals surface area contributed by atoms with E-state index in [9.17, 15) is 27.2 Å². The predicted octanol–water partition coefficient (Wildman–Crippen LogP) is 4.12. The van der Waals surface area contributed by atoms with Crippen molar-refractivity contribution in [3.8, 4) is 11.1 Å². The third-order valence-corrected chi connectivity index (χ3v) is 6.53. The monoisotopic (exact) mass is 509 g/mol. The summed E-state index contributed by atoms with van der Waals surface area (Å²) in [5.41, 5.74) is 6.27. The second-order valence-corrected chi connectivity index (χ2v) is 8.73. The number of hydrogen-bond acceptors (Lipinski definition) is 6. The second kappa shape index (κ2) is 9.09. The highest BCUT2D eigenvalue weighted by Gasteiger charge is 2.26. The number of amides is 2. The molecule has 0 saturated carbocycles. The van der Waals surface area contributed by atoms with Crippen molar-refractivity contribution in [1.82, 2.24) is 24.5 Å². The lowest BCUT2D eigenvalue weighted by atomic mass is 10.0. The summed E-state index contributed by atoms with van der Waals surface area (Å²) in [6.45, 7) is 2.81. The highest BCUT2D eigenvalue weighted by atomic mass is 32.1. The van der Waals surface area contributed by atoms with E-state index in [0.717, 1.165) is 22.1 Å². The average Bonchev–Trinajstić information content (AvgIpc) is 3.44. The summed E-state index contributed by atoms with van der Waals surface area (Å²) >= 11 is 0.762. The topological polar surface area (TPSA) is 121 Å². The van der Waals surface area contributed by atoms with Crippen molar-refractivity contribution < 1.29 is 27.2 Å². The maximum absolute atomic E-state index is 13.6. The smallest absolute Gasteiger partial charge is 0.282 e. The minimum Gasteiger partial charge on any atom is -0.365 e. The van der Waals surface area contributed by atoms with Crippen LogP contribution in [0.2, 0.25) is 0 Å². The number of primary amides is 1. The molecule has 4 aromatic rings. The van der Waals surface area contributed by atoms with Crippen molar-refractivity contribution in [2.75, 3.05) is 5.32 Å². The van der Waals surface area contributed by atoms with Crippen LogP contribution in [-0.4, -0.2) is 36.4 Å². The van der Waals surface area contributed by atoms with Gasteiger partial charge in [-0.3, -0.25) is 19.0 Å². The van der Waals surface area contributed by atoms with Crippen LogP contribution in [0.15, 0.2) is 18.3 Å². The number of carbonyl (C=O) groups excluding carboxylic acids is 2. The number of aryl methyl sites for hydroxylation is 2. The van der Waals surface area contributed by atoms with Gasteiger partial charge in [-0.15, -0.1) is 11.3 Å². The van der Waals surface area contributed by atoms with E-state index in [4.69, 9.17) is 5.73 Å². The number of pyridine rings is 1. The summed E-state index contributed by atoms with van der Waals surface area (Å²) in [5.74, 6) is -1.59. The maximum atomic E-state index is 13.6. The lowest BCUT2D eigenvalue weighted by molar-refractivity contribution is -0.116. The fourth-order valence-electron chi connectivity index (χ4n) is 3.61. The zero-order valence-corrected chi connectivity index (χ0v) is 19.5. The molecular formula is C21H19F4N7O2S. The molecule has 4 heterocycles. The molecule has 0 radical (unpaired) electrons. The van der Waals surface area contributed by atoms with E-state index in [2.05, 4.69) is 20.5 Å². The van der Waals surface area contributed by atoms with Gasteiger partial charge in [0.1, 0.15) is 27.6 Å². The normalized spacial score (nSPS) is 11.7. The van der Waals surface area contributed by atoms with E-state index in [1.54, 1.807) is 18.7 Å². The molecule has 0 aliphatic rings. The van der Waals surface area contributed by atoms with Crippen LogP contribution in [0, 0.1) is 13.8 Å². The standard InChI is InChI=1S/C21H19F4N7O2S/c1-8-4-13(19(24)25)30-32(8)7-14(33)29-16-15-10(11-6-27-31(3)9(11)2)5-12(18(22)23)28-21(15)35-17(16)20(26)34/h4-6,18-19H,7H2,1-3H3,(H2,26,34)(H,29,33). The van der Waals surface area contributed by atoms with Gasteiger partial charge in [-0.1, -0.05) is 0 Å². The predicted molar refractivity (Wildman–Crippen MR) is 121 cm³/mol. The molecule has 0 saturated heterocycles. The number of nitrogens with one attached hydrogen (secondary N) is 1. The zero-order valence-electron chi connectivity index (χ0n) is 18.6. The molecule has 0 aliphatic heterocycles. The van der Waals surface area contributed by atoms with Crippen molar-refractivity contribution in [1.29, 1.82) is 0 Å². The average molecular weight is 509 g/mol. The van der Waals surface area contributed by atoms with Gasteiger partial charge in [-0.05, 0) is 31.5 Å². The van der Waals surface area contributed by atoms with Crippen molar-refractivity contribution in [3.63, 3.8) is 0 Å². The van der Waals surface area contributed by atoms with Gasteiger partial charge in [-0.25, -0.2) is 22.5 Å². The Morgan fingerprint density at radius 2 is 1.80 bits per heavy atom. The van der Waals surface area contributed by atoms with Crippen LogP contribution in [0.1, 0.15) is 45.3 Å². The maximum Gasteiger partial charge on any atom is 0.282 e. The molecule has 9 nitrogen and oxygen atoms in total. The molecule has 35 heavy (non-hydrogen) atoms. The largest absolute Gasteiger partial charge is 0.365 e. The number of anilines is 1. The lowest BCUT2D eigenvalue weighted by Gasteiger charge is -2.11. The molecule has 4 aromatic heterocycles. The number of fused-ring (bicyclic) bond motifs is 1. The van der Waals surface area contributed by atoms with E-state index >= 15 is 0 Å². The van der Waals surface area contributed by atoms with E-state index in [1.807, 2.05) is 0 Å². The molecule has 14 heteroatoms. The fraction of sp³-hybridized carbons (Fsp3) is 0.286. The fourth-order valence-corrected chi connectivity index (χ4v) is 4.63. The summed E-state index contributed by atoms with van der Waals surface area (Å²) in [6.07, 6.45) is -4.22. The number of thiophene rings is 1. The highest BCUT2D eigenvalue weighted by Crippen LogP contribution is 2.43. The summed E-state index contributed by atoms with van der Waals surface area (Å²) in [5, 5.41) is 10.7. The molecule has 0 aromatic carbocycles. The molecule has 184 valence electrons. The van der Waals surface area contributed by atoms with Gasteiger partial charge < -0.3 is 11.1 Å². The third kappa shape index (κ3) is 4.48. The Balaban J connectivity index is 1.85. The van der Waals surface area contributed by atoms with Gasteiger partial charge >= 0.3 is 0 Å². The molecule has 0 atom stereocenters. The summed E-state index contributed by atoms with van der Waals surface area (Å²) in [7, 11) is 1.68. The number of hydrogen-bond donors (Lipinski definition) is 2. The number of carbonyl (C=O) groups is 2. The minimum atomic E-state index is -2.89. The Morgan fingerprint density at radius 3 is 2.34 bits per heavy atom. The SMILES string of the molecule is Cc1c(-c2cc(C(F)F)nc3sc(C(N)=O)c(NC(=O)Cn4nc(C(F)F)cc4C)c23)cnn1C. The Hall–Kier alpha value is -3.81.